The number of hydrogen-bond acceptors (Lipinski definition) is 4. The van der Waals surface area contributed by atoms with Crippen molar-refractivity contribution < 1.29 is 9.53 Å². The second-order valence-electron chi connectivity index (χ2n) is 4.12. The van der Waals surface area contributed by atoms with Crippen LogP contribution in [0.2, 0.25) is 0 Å². The molecule has 1 aliphatic rings. The molecule has 1 aromatic heterocycles. The predicted molar refractivity (Wildman–Crippen MR) is 65.1 cm³/mol. The number of carbonyl (C=O) groups excluding carboxylic acids is 1. The molecular weight excluding hydrogens is 218 g/mol. The maximum atomic E-state index is 12.0. The fourth-order valence-corrected chi connectivity index (χ4v) is 1.88. The smallest absolute Gasteiger partial charge is 0.251 e. The van der Waals surface area contributed by atoms with E-state index in [9.17, 15) is 4.79 Å². The molecule has 1 amide bonds. The van der Waals surface area contributed by atoms with E-state index < -0.39 is 0 Å². The second kappa shape index (κ2) is 5.14. The van der Waals surface area contributed by atoms with Gasteiger partial charge in [-0.1, -0.05) is 0 Å². The van der Waals surface area contributed by atoms with E-state index >= 15 is 0 Å². The molecule has 2 atom stereocenters. The Morgan fingerprint density at radius 3 is 3.06 bits per heavy atom. The molecule has 0 spiro atoms. The van der Waals surface area contributed by atoms with Crippen molar-refractivity contribution >= 4 is 11.7 Å². The highest BCUT2D eigenvalue weighted by Crippen LogP contribution is 2.14. The van der Waals surface area contributed by atoms with Gasteiger partial charge in [-0.2, -0.15) is 0 Å². The number of nitrogens with one attached hydrogen (secondary N) is 2. The summed E-state index contributed by atoms with van der Waals surface area (Å²) in [7, 11) is 1.77. The monoisotopic (exact) mass is 235 g/mol. The van der Waals surface area contributed by atoms with E-state index in [0.717, 1.165) is 6.42 Å². The van der Waals surface area contributed by atoms with Crippen LogP contribution in [0.4, 0.5) is 5.82 Å². The number of carbonyl (C=O) groups is 1. The third-order valence-electron chi connectivity index (χ3n) is 2.97. The van der Waals surface area contributed by atoms with Gasteiger partial charge in [-0.3, -0.25) is 4.79 Å². The van der Waals surface area contributed by atoms with Crippen molar-refractivity contribution in [2.75, 3.05) is 19.0 Å². The summed E-state index contributed by atoms with van der Waals surface area (Å²) in [6.07, 6.45) is 2.58. The molecule has 0 bridgehead atoms. The average molecular weight is 235 g/mol. The maximum absolute atomic E-state index is 12.0. The number of rotatable bonds is 3. The van der Waals surface area contributed by atoms with Crippen LogP contribution in [-0.4, -0.2) is 36.7 Å². The molecule has 1 saturated heterocycles. The first-order valence-corrected chi connectivity index (χ1v) is 5.77. The summed E-state index contributed by atoms with van der Waals surface area (Å²) < 4.78 is 5.41. The first-order valence-electron chi connectivity index (χ1n) is 5.77. The van der Waals surface area contributed by atoms with Crippen LogP contribution in [0.5, 0.6) is 0 Å². The van der Waals surface area contributed by atoms with Crippen molar-refractivity contribution in [3.8, 4) is 0 Å². The van der Waals surface area contributed by atoms with Crippen LogP contribution in [0.3, 0.4) is 0 Å². The van der Waals surface area contributed by atoms with Crippen LogP contribution >= 0.6 is 0 Å². The Bertz CT molecular complexity index is 408. The normalized spacial score (nSPS) is 23.4. The molecule has 2 heterocycles. The number of hydrogen-bond donors (Lipinski definition) is 2. The fraction of sp³-hybridized carbons (Fsp3) is 0.500. The topological polar surface area (TPSA) is 63.2 Å². The van der Waals surface area contributed by atoms with Crippen molar-refractivity contribution in [2.24, 2.45) is 0 Å². The highest BCUT2D eigenvalue weighted by Gasteiger charge is 2.25. The molecule has 2 rings (SSSR count). The second-order valence-corrected chi connectivity index (χ2v) is 4.12. The van der Waals surface area contributed by atoms with Crippen LogP contribution in [0.1, 0.15) is 23.7 Å². The fourth-order valence-electron chi connectivity index (χ4n) is 1.88. The molecule has 5 heteroatoms. The first-order chi connectivity index (χ1) is 8.20. The Morgan fingerprint density at radius 2 is 2.41 bits per heavy atom. The molecule has 2 unspecified atom stereocenters. The summed E-state index contributed by atoms with van der Waals surface area (Å²) in [5, 5.41) is 5.89. The Hall–Kier alpha value is -1.62. The molecule has 5 nitrogen and oxygen atoms in total. The number of amides is 1. The van der Waals surface area contributed by atoms with E-state index in [2.05, 4.69) is 15.6 Å². The Balaban J connectivity index is 2.03. The molecule has 1 aromatic rings. The average Bonchev–Trinajstić information content (AvgIpc) is 2.75. The van der Waals surface area contributed by atoms with Gasteiger partial charge in [0.15, 0.2) is 0 Å². The van der Waals surface area contributed by atoms with Gasteiger partial charge in [0.25, 0.3) is 5.91 Å². The van der Waals surface area contributed by atoms with Crippen LogP contribution in [0.15, 0.2) is 18.3 Å². The van der Waals surface area contributed by atoms with E-state index in [4.69, 9.17) is 4.74 Å². The SMILES string of the molecule is CNc1cc(C(=O)NC2CCOC2C)ccn1. The number of aromatic nitrogens is 1. The van der Waals surface area contributed by atoms with E-state index in [1.807, 2.05) is 6.92 Å². The molecule has 17 heavy (non-hydrogen) atoms. The van der Waals surface area contributed by atoms with Crippen LogP contribution in [0.25, 0.3) is 0 Å². The molecule has 92 valence electrons. The molecule has 0 radical (unpaired) electrons. The molecular formula is C12H17N3O2. The van der Waals surface area contributed by atoms with E-state index in [-0.39, 0.29) is 18.1 Å². The Labute approximate surface area is 101 Å². The lowest BCUT2D eigenvalue weighted by Crippen LogP contribution is -2.39. The molecule has 1 aliphatic heterocycles. The minimum absolute atomic E-state index is 0.0775. The molecule has 2 N–H and O–H groups in total. The highest BCUT2D eigenvalue weighted by molar-refractivity contribution is 5.95. The Kier molecular flexibility index (Phi) is 3.58. The third kappa shape index (κ3) is 2.74. The number of anilines is 1. The van der Waals surface area contributed by atoms with Crippen molar-refractivity contribution in [3.05, 3.63) is 23.9 Å². The lowest BCUT2D eigenvalue weighted by Gasteiger charge is -2.16. The Morgan fingerprint density at radius 1 is 1.59 bits per heavy atom. The van der Waals surface area contributed by atoms with Gasteiger partial charge in [-0.15, -0.1) is 0 Å². The molecule has 0 saturated carbocycles. The van der Waals surface area contributed by atoms with Crippen molar-refractivity contribution in [1.29, 1.82) is 0 Å². The zero-order valence-electron chi connectivity index (χ0n) is 10.1. The number of pyridine rings is 1. The van der Waals surface area contributed by atoms with Gasteiger partial charge in [-0.05, 0) is 25.5 Å². The summed E-state index contributed by atoms with van der Waals surface area (Å²) >= 11 is 0. The van der Waals surface area contributed by atoms with E-state index in [1.165, 1.54) is 0 Å². The van der Waals surface area contributed by atoms with Gasteiger partial charge in [0.05, 0.1) is 12.1 Å². The third-order valence-corrected chi connectivity index (χ3v) is 2.97. The van der Waals surface area contributed by atoms with E-state index in [0.29, 0.717) is 18.0 Å². The molecule has 0 aromatic carbocycles. The lowest BCUT2D eigenvalue weighted by molar-refractivity contribution is 0.0866. The van der Waals surface area contributed by atoms with Gasteiger partial charge in [0.1, 0.15) is 5.82 Å². The van der Waals surface area contributed by atoms with Crippen molar-refractivity contribution in [3.63, 3.8) is 0 Å². The molecule has 1 fully saturated rings. The summed E-state index contributed by atoms with van der Waals surface area (Å²) in [5.74, 6) is 0.611. The quantitative estimate of drug-likeness (QED) is 0.821. The maximum Gasteiger partial charge on any atom is 0.251 e. The van der Waals surface area contributed by atoms with E-state index in [1.54, 1.807) is 25.4 Å². The largest absolute Gasteiger partial charge is 0.376 e. The highest BCUT2D eigenvalue weighted by atomic mass is 16.5. The van der Waals surface area contributed by atoms with Gasteiger partial charge in [0, 0.05) is 25.4 Å². The van der Waals surface area contributed by atoms with Gasteiger partial charge in [-0.25, -0.2) is 4.98 Å². The van der Waals surface area contributed by atoms with Crippen LogP contribution in [-0.2, 0) is 4.74 Å². The summed E-state index contributed by atoms with van der Waals surface area (Å²) in [6.45, 7) is 2.69. The van der Waals surface area contributed by atoms with Gasteiger partial charge >= 0.3 is 0 Å². The predicted octanol–water partition coefficient (Wildman–Crippen LogP) is 1.03. The van der Waals surface area contributed by atoms with Gasteiger partial charge in [0.2, 0.25) is 0 Å². The first kappa shape index (κ1) is 11.9. The number of nitrogens with zero attached hydrogens (tertiary/aromatic N) is 1. The molecule has 0 aliphatic carbocycles. The summed E-state index contributed by atoms with van der Waals surface area (Å²) in [5.41, 5.74) is 0.614. The zero-order valence-corrected chi connectivity index (χ0v) is 10.1. The lowest BCUT2D eigenvalue weighted by atomic mass is 10.1. The van der Waals surface area contributed by atoms with Crippen molar-refractivity contribution in [1.82, 2.24) is 10.3 Å². The number of ether oxygens (including phenoxy) is 1. The zero-order chi connectivity index (χ0) is 12.3. The van der Waals surface area contributed by atoms with Crippen LogP contribution in [0, 0.1) is 0 Å². The van der Waals surface area contributed by atoms with Gasteiger partial charge < -0.3 is 15.4 Å². The minimum atomic E-state index is -0.0775. The van der Waals surface area contributed by atoms with Crippen molar-refractivity contribution in [2.45, 2.75) is 25.5 Å². The summed E-state index contributed by atoms with van der Waals surface area (Å²) in [4.78, 5) is 16.1. The van der Waals surface area contributed by atoms with Crippen LogP contribution < -0.4 is 10.6 Å². The minimum Gasteiger partial charge on any atom is -0.376 e. The standard InChI is InChI=1S/C12H17N3O2/c1-8-10(4-6-17-8)15-12(16)9-3-5-14-11(7-9)13-2/h3,5,7-8,10H,4,6H2,1-2H3,(H,13,14)(H,15,16). The summed E-state index contributed by atoms with van der Waals surface area (Å²) in [6, 6.07) is 3.54.